The van der Waals surface area contributed by atoms with Gasteiger partial charge in [0.2, 0.25) is 0 Å². The van der Waals surface area contributed by atoms with Gasteiger partial charge in [-0.3, -0.25) is 5.43 Å². The third-order valence-corrected chi connectivity index (χ3v) is 4.21. The Morgan fingerprint density at radius 1 is 1.56 bits per heavy atom. The highest BCUT2D eigenvalue weighted by atomic mass is 32.1. The summed E-state index contributed by atoms with van der Waals surface area (Å²) in [7, 11) is 0. The zero-order valence-electron chi connectivity index (χ0n) is 10.4. The molecule has 0 bridgehead atoms. The van der Waals surface area contributed by atoms with E-state index in [2.05, 4.69) is 28.0 Å². The van der Waals surface area contributed by atoms with Gasteiger partial charge < -0.3 is 10.1 Å². The number of hydrogen-bond acceptors (Lipinski definition) is 3. The fraction of sp³-hybridized carbons (Fsp3) is 0.692. The predicted octanol–water partition coefficient (Wildman–Crippen LogP) is 1.58. The first-order valence-corrected chi connectivity index (χ1v) is 7.12. The highest BCUT2D eigenvalue weighted by molar-refractivity contribution is 7.80. The summed E-state index contributed by atoms with van der Waals surface area (Å²) in [5.41, 5.74) is 4.20. The van der Waals surface area contributed by atoms with Gasteiger partial charge in [0.15, 0.2) is 5.11 Å². The molecule has 0 aromatic heterocycles. The number of thiocarbonyl (C=S) groups is 1. The molecule has 2 N–H and O–H groups in total. The third kappa shape index (κ3) is 2.57. The van der Waals surface area contributed by atoms with Crippen LogP contribution in [-0.2, 0) is 4.74 Å². The van der Waals surface area contributed by atoms with E-state index in [0.717, 1.165) is 44.8 Å². The molecular formula is C13H19N3OS. The molecule has 1 saturated heterocycles. The van der Waals surface area contributed by atoms with E-state index in [-0.39, 0.29) is 0 Å². The summed E-state index contributed by atoms with van der Waals surface area (Å²) in [5.74, 6) is 1.37. The quantitative estimate of drug-likeness (QED) is 0.462. The van der Waals surface area contributed by atoms with Crippen LogP contribution in [0.2, 0.25) is 0 Å². The number of rotatable bonds is 3. The maximum absolute atomic E-state index is 5.52. The Kier molecular flexibility index (Phi) is 3.61. The molecule has 2 fully saturated rings. The van der Waals surface area contributed by atoms with Gasteiger partial charge in [-0.2, -0.15) is 5.10 Å². The van der Waals surface area contributed by atoms with Crippen molar-refractivity contribution >= 4 is 23.0 Å². The number of ether oxygens (including phenoxy) is 1. The van der Waals surface area contributed by atoms with Crippen LogP contribution in [0.3, 0.4) is 0 Å². The fourth-order valence-electron chi connectivity index (χ4n) is 2.84. The van der Waals surface area contributed by atoms with Crippen molar-refractivity contribution in [1.29, 1.82) is 0 Å². The van der Waals surface area contributed by atoms with Crippen molar-refractivity contribution in [3.8, 4) is 0 Å². The van der Waals surface area contributed by atoms with E-state index in [1.807, 2.05) is 0 Å². The van der Waals surface area contributed by atoms with Gasteiger partial charge in [-0.05, 0) is 43.8 Å². The monoisotopic (exact) mass is 265 g/mol. The molecule has 0 spiro atoms. The lowest BCUT2D eigenvalue weighted by Gasteiger charge is -2.31. The molecule has 4 nitrogen and oxygen atoms in total. The Morgan fingerprint density at radius 3 is 3.28 bits per heavy atom. The van der Waals surface area contributed by atoms with Crippen molar-refractivity contribution in [1.82, 2.24) is 10.7 Å². The molecule has 0 aromatic carbocycles. The Labute approximate surface area is 113 Å². The molecule has 0 radical (unpaired) electrons. The van der Waals surface area contributed by atoms with Gasteiger partial charge >= 0.3 is 0 Å². The smallest absolute Gasteiger partial charge is 0.187 e. The summed E-state index contributed by atoms with van der Waals surface area (Å²) in [6.07, 6.45) is 9.38. The van der Waals surface area contributed by atoms with E-state index in [1.165, 1.54) is 5.71 Å². The Hall–Kier alpha value is -0.940. The first-order chi connectivity index (χ1) is 8.83. The molecule has 0 aromatic rings. The van der Waals surface area contributed by atoms with E-state index in [1.54, 1.807) is 0 Å². The second-order valence-electron chi connectivity index (χ2n) is 5.20. The second kappa shape index (κ2) is 5.36. The molecule has 3 aliphatic rings. The largest absolute Gasteiger partial charge is 0.376 e. The van der Waals surface area contributed by atoms with Crippen LogP contribution in [0, 0.1) is 11.8 Å². The number of fused-ring (bicyclic) bond motifs is 1. The molecule has 1 heterocycles. The van der Waals surface area contributed by atoms with Crippen molar-refractivity contribution in [3.05, 3.63) is 12.2 Å². The average molecular weight is 265 g/mol. The molecule has 2 aliphatic carbocycles. The van der Waals surface area contributed by atoms with Gasteiger partial charge in [-0.15, -0.1) is 0 Å². The molecule has 0 amide bonds. The molecule has 3 atom stereocenters. The van der Waals surface area contributed by atoms with Gasteiger partial charge in [0.25, 0.3) is 0 Å². The Balaban J connectivity index is 1.38. The molecule has 98 valence electrons. The summed E-state index contributed by atoms with van der Waals surface area (Å²) in [6.45, 7) is 1.66. The highest BCUT2D eigenvalue weighted by Crippen LogP contribution is 2.39. The van der Waals surface area contributed by atoms with Gasteiger partial charge in [-0.1, -0.05) is 12.2 Å². The predicted molar refractivity (Wildman–Crippen MR) is 75.5 cm³/mol. The van der Waals surface area contributed by atoms with E-state index in [0.29, 0.717) is 17.1 Å². The van der Waals surface area contributed by atoms with Crippen molar-refractivity contribution in [2.24, 2.45) is 16.9 Å². The minimum absolute atomic E-state index is 0.310. The first-order valence-electron chi connectivity index (χ1n) is 6.71. The van der Waals surface area contributed by atoms with Crippen LogP contribution in [0.5, 0.6) is 0 Å². The van der Waals surface area contributed by atoms with Gasteiger partial charge in [0.1, 0.15) is 0 Å². The van der Waals surface area contributed by atoms with Crippen LogP contribution in [0.15, 0.2) is 17.3 Å². The lowest BCUT2D eigenvalue weighted by Crippen LogP contribution is -2.40. The molecule has 3 rings (SSSR count). The van der Waals surface area contributed by atoms with Crippen molar-refractivity contribution < 1.29 is 4.74 Å². The number of hydrogen-bond donors (Lipinski definition) is 2. The molecule has 1 aliphatic heterocycles. The maximum Gasteiger partial charge on any atom is 0.187 e. The van der Waals surface area contributed by atoms with Crippen molar-refractivity contribution in [3.63, 3.8) is 0 Å². The average Bonchev–Trinajstić information content (AvgIpc) is 2.97. The Morgan fingerprint density at radius 2 is 2.50 bits per heavy atom. The van der Waals surface area contributed by atoms with Gasteiger partial charge in [0, 0.05) is 24.8 Å². The first kappa shape index (κ1) is 12.1. The van der Waals surface area contributed by atoms with Crippen LogP contribution in [-0.4, -0.2) is 30.1 Å². The summed E-state index contributed by atoms with van der Waals surface area (Å²) in [4.78, 5) is 0. The summed E-state index contributed by atoms with van der Waals surface area (Å²) >= 11 is 5.20. The maximum atomic E-state index is 5.52. The van der Waals surface area contributed by atoms with Crippen LogP contribution in [0.4, 0.5) is 0 Å². The minimum atomic E-state index is 0.310. The lowest BCUT2D eigenvalue weighted by atomic mass is 9.74. The van der Waals surface area contributed by atoms with Crippen LogP contribution in [0.25, 0.3) is 0 Å². The zero-order chi connectivity index (χ0) is 12.4. The zero-order valence-corrected chi connectivity index (χ0v) is 11.2. The van der Waals surface area contributed by atoms with E-state index in [9.17, 15) is 0 Å². The minimum Gasteiger partial charge on any atom is -0.376 e. The summed E-state index contributed by atoms with van der Waals surface area (Å²) in [6, 6.07) is 0. The topological polar surface area (TPSA) is 45.6 Å². The summed E-state index contributed by atoms with van der Waals surface area (Å²) < 4.78 is 5.52. The lowest BCUT2D eigenvalue weighted by molar-refractivity contribution is 0.114. The third-order valence-electron chi connectivity index (χ3n) is 3.98. The van der Waals surface area contributed by atoms with E-state index in [4.69, 9.17) is 17.0 Å². The molecule has 5 heteroatoms. The van der Waals surface area contributed by atoms with Gasteiger partial charge in [0.05, 0.1) is 6.10 Å². The SMILES string of the molecule is S=C(NC[C@H]1CCCO1)N/N=C1/C[C@@H]2C=CC[C@H]12. The van der Waals surface area contributed by atoms with Crippen LogP contribution in [0.1, 0.15) is 25.7 Å². The molecule has 18 heavy (non-hydrogen) atoms. The Bertz CT molecular complexity index is 388. The standard InChI is InChI=1S/C13H19N3OS/c18-13(14-8-10-4-2-6-17-10)16-15-12-7-9-3-1-5-11(9)12/h1,3,9-11H,2,4-8H2,(H2,14,16,18)/b15-12-/t9-,10+,11-/m0/s1. The number of nitrogens with zero attached hydrogens (tertiary/aromatic N) is 1. The number of allylic oxidation sites excluding steroid dienone is 2. The molecule has 0 unspecified atom stereocenters. The second-order valence-corrected chi connectivity index (χ2v) is 5.61. The number of hydrazone groups is 1. The van der Waals surface area contributed by atoms with Crippen LogP contribution >= 0.6 is 12.2 Å². The molecule has 1 saturated carbocycles. The van der Waals surface area contributed by atoms with Gasteiger partial charge in [-0.25, -0.2) is 0 Å². The number of nitrogens with one attached hydrogen (secondary N) is 2. The van der Waals surface area contributed by atoms with E-state index < -0.39 is 0 Å². The van der Waals surface area contributed by atoms with Crippen molar-refractivity contribution in [2.75, 3.05) is 13.2 Å². The molecular weight excluding hydrogens is 246 g/mol. The normalized spacial score (nSPS) is 35.3. The van der Waals surface area contributed by atoms with Crippen molar-refractivity contribution in [2.45, 2.75) is 31.8 Å². The fourth-order valence-corrected chi connectivity index (χ4v) is 2.97. The van der Waals surface area contributed by atoms with E-state index >= 15 is 0 Å². The summed E-state index contributed by atoms with van der Waals surface area (Å²) in [5, 5.41) is 8.16. The van der Waals surface area contributed by atoms with Crippen LogP contribution < -0.4 is 10.7 Å². The highest BCUT2D eigenvalue weighted by Gasteiger charge is 2.37.